The molecule has 8 heteroatoms. The van der Waals surface area contributed by atoms with Gasteiger partial charge in [0.1, 0.15) is 5.01 Å². The SMILES string of the molecule is Cc1ccc([N+](=O)[O-])cc1NC(C)c1nc(C(=O)O)cs1. The number of nitro groups is 1. The van der Waals surface area contributed by atoms with Crippen molar-refractivity contribution in [3.8, 4) is 0 Å². The number of benzene rings is 1. The number of aromatic nitrogens is 1. The molecular formula is C13H13N3O4S. The molecule has 2 N–H and O–H groups in total. The molecule has 0 saturated carbocycles. The highest BCUT2D eigenvalue weighted by atomic mass is 32.1. The number of hydrogen-bond acceptors (Lipinski definition) is 6. The summed E-state index contributed by atoms with van der Waals surface area (Å²) in [6.07, 6.45) is 0. The number of non-ortho nitro benzene ring substituents is 1. The Morgan fingerprint density at radius 1 is 1.52 bits per heavy atom. The second kappa shape index (κ2) is 5.88. The van der Waals surface area contributed by atoms with Crippen molar-refractivity contribution < 1.29 is 14.8 Å². The van der Waals surface area contributed by atoms with Gasteiger partial charge in [0.2, 0.25) is 0 Å². The van der Waals surface area contributed by atoms with Crippen molar-refractivity contribution >= 4 is 28.7 Å². The number of nitro benzene ring substituents is 1. The number of nitrogens with one attached hydrogen (secondary N) is 1. The van der Waals surface area contributed by atoms with Gasteiger partial charge in [-0.1, -0.05) is 6.07 Å². The highest BCUT2D eigenvalue weighted by Gasteiger charge is 2.16. The van der Waals surface area contributed by atoms with Crippen molar-refractivity contribution in [3.63, 3.8) is 0 Å². The monoisotopic (exact) mass is 307 g/mol. The zero-order valence-electron chi connectivity index (χ0n) is 11.4. The predicted molar refractivity (Wildman–Crippen MR) is 78.9 cm³/mol. The molecule has 0 aliphatic heterocycles. The number of rotatable bonds is 5. The average Bonchev–Trinajstić information content (AvgIpc) is 2.90. The van der Waals surface area contributed by atoms with Crippen LogP contribution in [0.25, 0.3) is 0 Å². The molecule has 0 spiro atoms. The smallest absolute Gasteiger partial charge is 0.355 e. The lowest BCUT2D eigenvalue weighted by Gasteiger charge is -2.14. The quantitative estimate of drug-likeness (QED) is 0.649. The molecule has 0 amide bonds. The molecule has 0 radical (unpaired) electrons. The summed E-state index contributed by atoms with van der Waals surface area (Å²) in [7, 11) is 0. The fraction of sp³-hybridized carbons (Fsp3) is 0.231. The van der Waals surface area contributed by atoms with Gasteiger partial charge in [0.25, 0.3) is 5.69 Å². The van der Waals surface area contributed by atoms with E-state index in [4.69, 9.17) is 5.11 Å². The molecule has 0 saturated heterocycles. The Morgan fingerprint density at radius 3 is 2.81 bits per heavy atom. The van der Waals surface area contributed by atoms with Crippen molar-refractivity contribution in [3.05, 3.63) is 50.0 Å². The summed E-state index contributed by atoms with van der Waals surface area (Å²) in [5.41, 5.74) is 1.49. The molecule has 0 bridgehead atoms. The van der Waals surface area contributed by atoms with Crippen LogP contribution in [0.2, 0.25) is 0 Å². The highest BCUT2D eigenvalue weighted by Crippen LogP contribution is 2.27. The Morgan fingerprint density at radius 2 is 2.24 bits per heavy atom. The first-order valence-electron chi connectivity index (χ1n) is 6.08. The van der Waals surface area contributed by atoms with Crippen LogP contribution < -0.4 is 5.32 Å². The van der Waals surface area contributed by atoms with Crippen molar-refractivity contribution in [1.82, 2.24) is 4.98 Å². The lowest BCUT2D eigenvalue weighted by Crippen LogP contribution is -2.08. The van der Waals surface area contributed by atoms with Crippen LogP contribution in [-0.4, -0.2) is 21.0 Å². The van der Waals surface area contributed by atoms with Crippen LogP contribution in [0.4, 0.5) is 11.4 Å². The summed E-state index contributed by atoms with van der Waals surface area (Å²) in [5.74, 6) is -1.07. The van der Waals surface area contributed by atoms with Gasteiger partial charge in [-0.05, 0) is 19.4 Å². The molecule has 21 heavy (non-hydrogen) atoms. The molecule has 0 fully saturated rings. The van der Waals surface area contributed by atoms with E-state index >= 15 is 0 Å². The number of carboxylic acids is 1. The third-order valence-electron chi connectivity index (χ3n) is 2.92. The minimum atomic E-state index is -1.07. The fourth-order valence-corrected chi connectivity index (χ4v) is 2.56. The molecule has 1 aromatic carbocycles. The fourth-order valence-electron chi connectivity index (χ4n) is 1.76. The number of carbonyl (C=O) groups is 1. The van der Waals surface area contributed by atoms with Crippen LogP contribution in [0.15, 0.2) is 23.6 Å². The Bertz CT molecular complexity index is 698. The zero-order chi connectivity index (χ0) is 15.6. The molecule has 2 aromatic rings. The molecular weight excluding hydrogens is 294 g/mol. The van der Waals surface area contributed by atoms with Crippen LogP contribution in [0, 0.1) is 17.0 Å². The first-order valence-corrected chi connectivity index (χ1v) is 6.96. The molecule has 2 rings (SSSR count). The van der Waals surface area contributed by atoms with Crippen molar-refractivity contribution in [1.29, 1.82) is 0 Å². The second-order valence-electron chi connectivity index (χ2n) is 4.50. The average molecular weight is 307 g/mol. The molecule has 7 nitrogen and oxygen atoms in total. The van der Waals surface area contributed by atoms with E-state index in [9.17, 15) is 14.9 Å². The van der Waals surface area contributed by atoms with E-state index in [0.717, 1.165) is 5.56 Å². The third kappa shape index (κ3) is 3.34. The van der Waals surface area contributed by atoms with Crippen LogP contribution >= 0.6 is 11.3 Å². The number of carboxylic acid groups (broad SMARTS) is 1. The Labute approximate surface area is 124 Å². The maximum absolute atomic E-state index is 10.8. The Balaban J connectivity index is 2.22. The molecule has 1 unspecified atom stereocenters. The van der Waals surface area contributed by atoms with Crippen molar-refractivity contribution in [2.75, 3.05) is 5.32 Å². The van der Waals surface area contributed by atoms with Crippen LogP contribution in [0.1, 0.15) is 34.0 Å². The van der Waals surface area contributed by atoms with Gasteiger partial charge < -0.3 is 10.4 Å². The van der Waals surface area contributed by atoms with Gasteiger partial charge in [-0.25, -0.2) is 9.78 Å². The minimum Gasteiger partial charge on any atom is -0.476 e. The Kier molecular flexibility index (Phi) is 4.18. The molecule has 1 atom stereocenters. The highest BCUT2D eigenvalue weighted by molar-refractivity contribution is 7.09. The summed E-state index contributed by atoms with van der Waals surface area (Å²) >= 11 is 1.23. The van der Waals surface area contributed by atoms with Gasteiger partial charge >= 0.3 is 5.97 Å². The van der Waals surface area contributed by atoms with Crippen LogP contribution in [-0.2, 0) is 0 Å². The van der Waals surface area contributed by atoms with E-state index < -0.39 is 10.9 Å². The van der Waals surface area contributed by atoms with Gasteiger partial charge in [0, 0.05) is 23.2 Å². The summed E-state index contributed by atoms with van der Waals surface area (Å²) in [5, 5.41) is 24.9. The van der Waals surface area contributed by atoms with Gasteiger partial charge in [-0.2, -0.15) is 0 Å². The van der Waals surface area contributed by atoms with Crippen molar-refractivity contribution in [2.24, 2.45) is 0 Å². The van der Waals surface area contributed by atoms with Gasteiger partial charge in [0.05, 0.1) is 11.0 Å². The van der Waals surface area contributed by atoms with E-state index in [-0.39, 0.29) is 17.4 Å². The van der Waals surface area contributed by atoms with E-state index in [1.807, 2.05) is 13.8 Å². The molecule has 1 heterocycles. The zero-order valence-corrected chi connectivity index (χ0v) is 12.2. The number of hydrogen-bond donors (Lipinski definition) is 2. The molecule has 1 aromatic heterocycles. The summed E-state index contributed by atoms with van der Waals surface area (Å²) < 4.78 is 0. The predicted octanol–water partition coefficient (Wildman–Crippen LogP) is 3.23. The van der Waals surface area contributed by atoms with Crippen LogP contribution in [0.5, 0.6) is 0 Å². The van der Waals surface area contributed by atoms with Crippen LogP contribution in [0.3, 0.4) is 0 Å². The lowest BCUT2D eigenvalue weighted by molar-refractivity contribution is -0.384. The second-order valence-corrected chi connectivity index (χ2v) is 5.39. The minimum absolute atomic E-state index is 0.000542. The van der Waals surface area contributed by atoms with Gasteiger partial charge in [-0.15, -0.1) is 11.3 Å². The maximum Gasteiger partial charge on any atom is 0.355 e. The first kappa shape index (κ1) is 14.9. The van der Waals surface area contributed by atoms with E-state index in [1.165, 1.54) is 28.8 Å². The van der Waals surface area contributed by atoms with Gasteiger partial charge in [-0.3, -0.25) is 10.1 Å². The molecule has 0 aliphatic carbocycles. The normalized spacial score (nSPS) is 11.9. The first-order chi connectivity index (χ1) is 9.88. The molecule has 0 aliphatic rings. The topological polar surface area (TPSA) is 105 Å². The van der Waals surface area contributed by atoms with Crippen molar-refractivity contribution in [2.45, 2.75) is 19.9 Å². The van der Waals surface area contributed by atoms with Gasteiger partial charge in [0.15, 0.2) is 5.69 Å². The summed E-state index contributed by atoms with van der Waals surface area (Å²) in [6, 6.07) is 4.32. The van der Waals surface area contributed by atoms with E-state index in [1.54, 1.807) is 6.07 Å². The van der Waals surface area contributed by atoms with E-state index in [0.29, 0.717) is 10.7 Å². The number of thiazole rings is 1. The number of nitrogens with zero attached hydrogens (tertiary/aromatic N) is 2. The Hall–Kier alpha value is -2.48. The summed E-state index contributed by atoms with van der Waals surface area (Å²) in [4.78, 5) is 25.2. The van der Waals surface area contributed by atoms with E-state index in [2.05, 4.69) is 10.3 Å². The molecule has 110 valence electrons. The largest absolute Gasteiger partial charge is 0.476 e. The number of aromatic carboxylic acids is 1. The number of aryl methyl sites for hydroxylation is 1. The maximum atomic E-state index is 10.8. The third-order valence-corrected chi connectivity index (χ3v) is 3.94. The summed E-state index contributed by atoms with van der Waals surface area (Å²) in [6.45, 7) is 3.66. The number of anilines is 1. The lowest BCUT2D eigenvalue weighted by atomic mass is 10.1. The standard InChI is InChI=1S/C13H13N3O4S/c1-7-3-4-9(16(19)20)5-10(7)14-8(2)12-15-11(6-21-12)13(17)18/h3-6,8,14H,1-2H3,(H,17,18).